The summed E-state index contributed by atoms with van der Waals surface area (Å²) in [6.07, 6.45) is 3.11. The average molecular weight is 207 g/mol. The van der Waals surface area contributed by atoms with E-state index in [-0.39, 0.29) is 5.54 Å². The van der Waals surface area contributed by atoms with Crippen LogP contribution in [-0.4, -0.2) is 19.3 Å². The molecule has 15 heavy (non-hydrogen) atoms. The van der Waals surface area contributed by atoms with Crippen molar-refractivity contribution in [2.24, 2.45) is 5.92 Å². The summed E-state index contributed by atoms with van der Waals surface area (Å²) >= 11 is 0. The van der Waals surface area contributed by atoms with Crippen LogP contribution in [0.3, 0.4) is 0 Å². The zero-order valence-electron chi connectivity index (χ0n) is 9.25. The zero-order valence-corrected chi connectivity index (χ0v) is 9.25. The molecule has 1 N–H and O–H groups in total. The van der Waals surface area contributed by atoms with E-state index in [1.165, 1.54) is 5.56 Å². The smallest absolute Gasteiger partial charge is 0.110 e. The molecule has 3 heterocycles. The van der Waals surface area contributed by atoms with Gasteiger partial charge >= 0.3 is 0 Å². The van der Waals surface area contributed by atoms with Crippen molar-refractivity contribution in [1.82, 2.24) is 5.32 Å². The molecule has 0 aromatic carbocycles. The topological polar surface area (TPSA) is 34.4 Å². The van der Waals surface area contributed by atoms with E-state index < -0.39 is 0 Å². The Labute approximate surface area is 89.8 Å². The molecule has 2 aliphatic rings. The number of hydrogen-bond donors (Lipinski definition) is 1. The van der Waals surface area contributed by atoms with Gasteiger partial charge in [0, 0.05) is 24.4 Å². The highest BCUT2D eigenvalue weighted by Crippen LogP contribution is 2.42. The average Bonchev–Trinajstić information content (AvgIpc) is 2.81. The third-order valence-electron chi connectivity index (χ3n) is 4.07. The van der Waals surface area contributed by atoms with E-state index in [0.717, 1.165) is 25.3 Å². The highest BCUT2D eigenvalue weighted by molar-refractivity contribution is 5.32. The predicted molar refractivity (Wildman–Crippen MR) is 56.7 cm³/mol. The molecule has 0 bridgehead atoms. The highest BCUT2D eigenvalue weighted by Gasteiger charge is 2.49. The Balaban J connectivity index is 2.08. The number of fused-ring (bicyclic) bond motifs is 2. The van der Waals surface area contributed by atoms with Gasteiger partial charge in [0.15, 0.2) is 0 Å². The normalized spacial score (nSPS) is 39.6. The van der Waals surface area contributed by atoms with Gasteiger partial charge in [0.2, 0.25) is 0 Å². The minimum absolute atomic E-state index is 0. The quantitative estimate of drug-likeness (QED) is 0.702. The van der Waals surface area contributed by atoms with Crippen LogP contribution in [0.1, 0.15) is 25.2 Å². The summed E-state index contributed by atoms with van der Waals surface area (Å²) in [6, 6.07) is 2.10. The molecule has 3 heteroatoms. The first-order valence-electron chi connectivity index (χ1n) is 5.67. The van der Waals surface area contributed by atoms with Crippen molar-refractivity contribution in [2.45, 2.75) is 31.9 Å². The SMILES string of the molecule is CC1OCC2(NCCc3occc32)C1C. The van der Waals surface area contributed by atoms with Crippen molar-refractivity contribution in [3.63, 3.8) is 0 Å². The Bertz CT molecular complexity index is 373. The lowest BCUT2D eigenvalue weighted by molar-refractivity contribution is 0.104. The fourth-order valence-corrected chi connectivity index (χ4v) is 2.90. The molecule has 2 aliphatic heterocycles. The van der Waals surface area contributed by atoms with Crippen LogP contribution in [0.5, 0.6) is 0 Å². The van der Waals surface area contributed by atoms with Crippen LogP contribution < -0.4 is 5.32 Å². The summed E-state index contributed by atoms with van der Waals surface area (Å²) in [5.74, 6) is 1.63. The van der Waals surface area contributed by atoms with Crippen LogP contribution in [0.2, 0.25) is 0 Å². The maximum absolute atomic E-state index is 5.78. The second-order valence-electron chi connectivity index (χ2n) is 4.71. The Kier molecular flexibility index (Phi) is 1.94. The molecule has 82 valence electrons. The molecule has 1 fully saturated rings. The number of rotatable bonds is 0. The second-order valence-corrected chi connectivity index (χ2v) is 4.71. The van der Waals surface area contributed by atoms with Gasteiger partial charge in [-0.15, -0.1) is 0 Å². The molecular weight excluding hydrogens is 190 g/mol. The van der Waals surface area contributed by atoms with Gasteiger partial charge in [0.25, 0.3) is 0 Å². The predicted octanol–water partition coefficient (Wildman–Crippen LogP) is 1.68. The monoisotopic (exact) mass is 207 g/mol. The van der Waals surface area contributed by atoms with E-state index in [4.69, 9.17) is 9.15 Å². The molecule has 3 rings (SSSR count). The van der Waals surface area contributed by atoms with Gasteiger partial charge in [-0.1, -0.05) is 6.92 Å². The van der Waals surface area contributed by atoms with Crippen molar-refractivity contribution < 1.29 is 9.15 Å². The maximum atomic E-state index is 5.78. The van der Waals surface area contributed by atoms with E-state index in [1.54, 1.807) is 6.26 Å². The lowest BCUT2D eigenvalue weighted by Gasteiger charge is -2.37. The molecule has 1 spiro atoms. The minimum atomic E-state index is 0. The zero-order chi connectivity index (χ0) is 10.5. The first kappa shape index (κ1) is 9.43. The molecule has 3 atom stereocenters. The second kappa shape index (κ2) is 3.09. The Morgan fingerprint density at radius 2 is 2.33 bits per heavy atom. The summed E-state index contributed by atoms with van der Waals surface area (Å²) in [5.41, 5.74) is 1.31. The first-order chi connectivity index (χ1) is 7.24. The van der Waals surface area contributed by atoms with Crippen LogP contribution >= 0.6 is 0 Å². The molecule has 3 unspecified atom stereocenters. The van der Waals surface area contributed by atoms with E-state index >= 15 is 0 Å². The molecule has 3 nitrogen and oxygen atoms in total. The molecule has 0 radical (unpaired) electrons. The third-order valence-corrected chi connectivity index (χ3v) is 4.07. The van der Waals surface area contributed by atoms with Crippen molar-refractivity contribution in [1.29, 1.82) is 0 Å². The molecule has 1 aromatic rings. The molecule has 1 aromatic heterocycles. The third kappa shape index (κ3) is 1.13. The first-order valence-corrected chi connectivity index (χ1v) is 5.67. The Hall–Kier alpha value is -0.800. The number of hydrogen-bond acceptors (Lipinski definition) is 3. The van der Waals surface area contributed by atoms with Crippen LogP contribution in [-0.2, 0) is 16.7 Å². The van der Waals surface area contributed by atoms with Gasteiger partial charge in [0.05, 0.1) is 24.5 Å². The maximum Gasteiger partial charge on any atom is 0.110 e. The molecule has 0 amide bonds. The summed E-state index contributed by atoms with van der Waals surface area (Å²) in [7, 11) is 0. The van der Waals surface area contributed by atoms with Gasteiger partial charge in [0.1, 0.15) is 5.76 Å². The standard InChI is InChI=1S/C12H17NO2/c1-8-9(2)15-7-12(8)10-4-6-14-11(10)3-5-13-12/h4,6,8-9,13H,3,5,7H2,1-2H3. The molecule has 0 aliphatic carbocycles. The molecular formula is C12H17NO2. The molecule has 0 saturated carbocycles. The molecule has 1 saturated heterocycles. The lowest BCUT2D eigenvalue weighted by Crippen LogP contribution is -2.51. The number of furan rings is 1. The summed E-state index contributed by atoms with van der Waals surface area (Å²) in [5, 5.41) is 3.63. The van der Waals surface area contributed by atoms with E-state index in [0.29, 0.717) is 12.0 Å². The van der Waals surface area contributed by atoms with Crippen molar-refractivity contribution in [3.05, 3.63) is 23.7 Å². The fraction of sp³-hybridized carbons (Fsp3) is 0.667. The van der Waals surface area contributed by atoms with E-state index in [9.17, 15) is 0 Å². The van der Waals surface area contributed by atoms with Crippen molar-refractivity contribution in [2.75, 3.05) is 13.2 Å². The summed E-state index contributed by atoms with van der Waals surface area (Å²) in [6.45, 7) is 6.16. The summed E-state index contributed by atoms with van der Waals surface area (Å²) < 4.78 is 11.3. The van der Waals surface area contributed by atoms with Crippen LogP contribution in [0.25, 0.3) is 0 Å². The summed E-state index contributed by atoms with van der Waals surface area (Å²) in [4.78, 5) is 0. The van der Waals surface area contributed by atoms with Crippen LogP contribution in [0.15, 0.2) is 16.7 Å². The van der Waals surface area contributed by atoms with E-state index in [1.807, 2.05) is 0 Å². The Morgan fingerprint density at radius 1 is 1.47 bits per heavy atom. The van der Waals surface area contributed by atoms with Crippen molar-refractivity contribution >= 4 is 0 Å². The largest absolute Gasteiger partial charge is 0.469 e. The van der Waals surface area contributed by atoms with Gasteiger partial charge in [-0.2, -0.15) is 0 Å². The number of nitrogens with one attached hydrogen (secondary N) is 1. The number of ether oxygens (including phenoxy) is 1. The van der Waals surface area contributed by atoms with Crippen LogP contribution in [0, 0.1) is 5.92 Å². The Morgan fingerprint density at radius 3 is 3.07 bits per heavy atom. The van der Waals surface area contributed by atoms with Gasteiger partial charge in [-0.25, -0.2) is 0 Å². The van der Waals surface area contributed by atoms with Crippen LogP contribution in [0.4, 0.5) is 0 Å². The van der Waals surface area contributed by atoms with Gasteiger partial charge in [-0.05, 0) is 13.0 Å². The minimum Gasteiger partial charge on any atom is -0.469 e. The van der Waals surface area contributed by atoms with Gasteiger partial charge in [-0.3, -0.25) is 0 Å². The van der Waals surface area contributed by atoms with Crippen molar-refractivity contribution in [3.8, 4) is 0 Å². The van der Waals surface area contributed by atoms with E-state index in [2.05, 4.69) is 25.2 Å². The highest BCUT2D eigenvalue weighted by atomic mass is 16.5. The van der Waals surface area contributed by atoms with Gasteiger partial charge < -0.3 is 14.5 Å². The lowest BCUT2D eigenvalue weighted by atomic mass is 9.77. The fourth-order valence-electron chi connectivity index (χ4n) is 2.90.